The van der Waals surface area contributed by atoms with Gasteiger partial charge in [0.05, 0.1) is 18.1 Å². The molecule has 0 aliphatic heterocycles. The summed E-state index contributed by atoms with van der Waals surface area (Å²) >= 11 is 0. The van der Waals surface area contributed by atoms with E-state index in [4.69, 9.17) is 0 Å². The highest BCUT2D eigenvalue weighted by Gasteiger charge is 2.20. The minimum Gasteiger partial charge on any atom is -0.467 e. The van der Waals surface area contributed by atoms with Crippen LogP contribution in [0.5, 0.6) is 0 Å². The van der Waals surface area contributed by atoms with Gasteiger partial charge in [0.25, 0.3) is 0 Å². The summed E-state index contributed by atoms with van der Waals surface area (Å²) in [6, 6.07) is 4.85. The second kappa shape index (κ2) is 3.82. The van der Waals surface area contributed by atoms with Crippen molar-refractivity contribution in [3.8, 4) is 0 Å². The van der Waals surface area contributed by atoms with Gasteiger partial charge in [0.15, 0.2) is 6.10 Å². The standard InChI is InChI=1S/C10H10N2O4/c1-16-9(14)8(13)5-3-2-4-6-7(5)12-10(15)11-6/h2-4,8,13H,1H3,(H2,11,12,15). The molecule has 0 saturated heterocycles. The number of aliphatic hydroxyl groups excluding tert-OH is 1. The first kappa shape index (κ1) is 10.4. The highest BCUT2D eigenvalue weighted by molar-refractivity contribution is 5.85. The molecule has 0 amide bonds. The minimum absolute atomic E-state index is 0.308. The van der Waals surface area contributed by atoms with E-state index in [9.17, 15) is 14.7 Å². The molecule has 0 fully saturated rings. The molecular weight excluding hydrogens is 212 g/mol. The molecule has 6 heteroatoms. The predicted octanol–water partition coefficient (Wildman–Crippen LogP) is 0.0626. The Morgan fingerprint density at radius 1 is 1.44 bits per heavy atom. The van der Waals surface area contributed by atoms with E-state index in [0.29, 0.717) is 16.6 Å². The van der Waals surface area contributed by atoms with Crippen molar-refractivity contribution >= 4 is 17.0 Å². The van der Waals surface area contributed by atoms with Crippen LogP contribution in [-0.4, -0.2) is 28.2 Å². The molecule has 3 N–H and O–H groups in total. The van der Waals surface area contributed by atoms with Gasteiger partial charge in [-0.2, -0.15) is 0 Å². The van der Waals surface area contributed by atoms with Gasteiger partial charge in [0.1, 0.15) is 0 Å². The first-order chi connectivity index (χ1) is 7.63. The van der Waals surface area contributed by atoms with E-state index in [1.165, 1.54) is 7.11 Å². The van der Waals surface area contributed by atoms with Gasteiger partial charge in [0.2, 0.25) is 0 Å². The van der Waals surface area contributed by atoms with Crippen LogP contribution in [0.1, 0.15) is 11.7 Å². The first-order valence-corrected chi connectivity index (χ1v) is 4.60. The molecule has 1 atom stereocenters. The number of aromatic nitrogens is 2. The number of aromatic amines is 2. The van der Waals surface area contributed by atoms with Crippen molar-refractivity contribution in [2.45, 2.75) is 6.10 Å². The van der Waals surface area contributed by atoms with Gasteiger partial charge in [-0.3, -0.25) is 0 Å². The number of ether oxygens (including phenoxy) is 1. The molecule has 2 rings (SSSR count). The zero-order chi connectivity index (χ0) is 11.7. The van der Waals surface area contributed by atoms with Crippen LogP contribution in [0.15, 0.2) is 23.0 Å². The Labute approximate surface area is 89.9 Å². The van der Waals surface area contributed by atoms with Gasteiger partial charge in [-0.05, 0) is 6.07 Å². The van der Waals surface area contributed by atoms with Gasteiger partial charge in [-0.25, -0.2) is 9.59 Å². The number of imidazole rings is 1. The predicted molar refractivity (Wildman–Crippen MR) is 55.9 cm³/mol. The molecule has 1 aromatic heterocycles. The third-order valence-corrected chi connectivity index (χ3v) is 2.30. The Bertz CT molecular complexity index is 584. The van der Waals surface area contributed by atoms with E-state index in [1.54, 1.807) is 18.2 Å². The van der Waals surface area contributed by atoms with Crippen LogP contribution in [0.3, 0.4) is 0 Å². The van der Waals surface area contributed by atoms with Crippen LogP contribution < -0.4 is 5.69 Å². The number of benzene rings is 1. The van der Waals surface area contributed by atoms with Gasteiger partial charge in [0, 0.05) is 5.56 Å². The normalized spacial score (nSPS) is 12.6. The Kier molecular flexibility index (Phi) is 2.49. The van der Waals surface area contributed by atoms with Crippen LogP contribution >= 0.6 is 0 Å². The molecule has 0 aliphatic rings. The van der Waals surface area contributed by atoms with E-state index in [-0.39, 0.29) is 5.69 Å². The monoisotopic (exact) mass is 222 g/mol. The highest BCUT2D eigenvalue weighted by Crippen LogP contribution is 2.21. The van der Waals surface area contributed by atoms with Crippen LogP contribution in [0, 0.1) is 0 Å². The number of rotatable bonds is 2. The second-order valence-electron chi connectivity index (χ2n) is 3.27. The molecule has 0 radical (unpaired) electrons. The van der Waals surface area contributed by atoms with Crippen molar-refractivity contribution in [1.82, 2.24) is 9.97 Å². The lowest BCUT2D eigenvalue weighted by Crippen LogP contribution is -2.14. The third-order valence-electron chi connectivity index (χ3n) is 2.30. The molecule has 2 aromatic rings. The summed E-state index contributed by atoms with van der Waals surface area (Å²) in [7, 11) is 1.19. The Morgan fingerprint density at radius 2 is 2.19 bits per heavy atom. The average molecular weight is 222 g/mol. The summed E-state index contributed by atoms with van der Waals surface area (Å²) < 4.78 is 4.43. The lowest BCUT2D eigenvalue weighted by atomic mass is 10.1. The second-order valence-corrected chi connectivity index (χ2v) is 3.27. The fourth-order valence-electron chi connectivity index (χ4n) is 1.55. The number of aliphatic hydroxyl groups is 1. The fourth-order valence-corrected chi connectivity index (χ4v) is 1.55. The lowest BCUT2D eigenvalue weighted by molar-refractivity contribution is -0.150. The van der Waals surface area contributed by atoms with Crippen LogP contribution in [-0.2, 0) is 9.53 Å². The van der Waals surface area contributed by atoms with Crippen LogP contribution in [0.25, 0.3) is 11.0 Å². The van der Waals surface area contributed by atoms with Gasteiger partial charge < -0.3 is 19.8 Å². The Morgan fingerprint density at radius 3 is 2.88 bits per heavy atom. The number of fused-ring (bicyclic) bond motifs is 1. The van der Waals surface area contributed by atoms with E-state index in [0.717, 1.165) is 0 Å². The molecule has 0 aliphatic carbocycles. The number of carbonyl (C=O) groups excluding carboxylic acids is 1. The van der Waals surface area contributed by atoms with Crippen molar-refractivity contribution in [2.24, 2.45) is 0 Å². The molecule has 1 heterocycles. The van der Waals surface area contributed by atoms with Crippen molar-refractivity contribution in [1.29, 1.82) is 0 Å². The van der Waals surface area contributed by atoms with Gasteiger partial charge >= 0.3 is 11.7 Å². The maximum atomic E-state index is 11.2. The fraction of sp³-hybridized carbons (Fsp3) is 0.200. The SMILES string of the molecule is COC(=O)C(O)c1cccc2[nH]c(=O)[nH]c12. The first-order valence-electron chi connectivity index (χ1n) is 4.60. The molecule has 1 unspecified atom stereocenters. The van der Waals surface area contributed by atoms with E-state index >= 15 is 0 Å². The molecule has 0 spiro atoms. The number of esters is 1. The number of carbonyl (C=O) groups is 1. The molecule has 1 aromatic carbocycles. The summed E-state index contributed by atoms with van der Waals surface area (Å²) in [5, 5.41) is 9.69. The Hall–Kier alpha value is -2.08. The molecule has 84 valence electrons. The molecule has 0 saturated carbocycles. The quantitative estimate of drug-likeness (QED) is 0.626. The Balaban J connectivity index is 2.59. The molecule has 16 heavy (non-hydrogen) atoms. The largest absolute Gasteiger partial charge is 0.467 e. The third kappa shape index (κ3) is 1.59. The molecule has 6 nitrogen and oxygen atoms in total. The smallest absolute Gasteiger partial charge is 0.339 e. The maximum Gasteiger partial charge on any atom is 0.339 e. The lowest BCUT2D eigenvalue weighted by Gasteiger charge is -2.08. The molecular formula is C10H10N2O4. The summed E-state index contributed by atoms with van der Waals surface area (Å²) in [5.74, 6) is -0.769. The van der Waals surface area contributed by atoms with E-state index in [1.807, 2.05) is 0 Å². The number of methoxy groups -OCH3 is 1. The zero-order valence-electron chi connectivity index (χ0n) is 8.48. The maximum absolute atomic E-state index is 11.2. The number of hydrogen-bond donors (Lipinski definition) is 3. The van der Waals surface area contributed by atoms with Crippen molar-refractivity contribution < 1.29 is 14.6 Å². The summed E-state index contributed by atoms with van der Waals surface area (Å²) in [6.45, 7) is 0. The summed E-state index contributed by atoms with van der Waals surface area (Å²) in [5.41, 5.74) is 0.859. The number of para-hydroxylation sites is 1. The van der Waals surface area contributed by atoms with Crippen LogP contribution in [0.2, 0.25) is 0 Å². The summed E-state index contributed by atoms with van der Waals surface area (Å²) in [4.78, 5) is 27.3. The van der Waals surface area contributed by atoms with E-state index in [2.05, 4.69) is 14.7 Å². The topological polar surface area (TPSA) is 95.2 Å². The highest BCUT2D eigenvalue weighted by atomic mass is 16.5. The van der Waals surface area contributed by atoms with Crippen LogP contribution in [0.4, 0.5) is 0 Å². The average Bonchev–Trinajstić information content (AvgIpc) is 2.66. The van der Waals surface area contributed by atoms with E-state index < -0.39 is 12.1 Å². The minimum atomic E-state index is -1.40. The summed E-state index contributed by atoms with van der Waals surface area (Å²) in [6.07, 6.45) is -1.40. The van der Waals surface area contributed by atoms with Crippen molar-refractivity contribution in [3.63, 3.8) is 0 Å². The van der Waals surface area contributed by atoms with Gasteiger partial charge in [-0.1, -0.05) is 12.1 Å². The zero-order valence-corrected chi connectivity index (χ0v) is 8.48. The number of H-pyrrole nitrogens is 2. The number of hydrogen-bond acceptors (Lipinski definition) is 4. The number of nitrogens with one attached hydrogen (secondary N) is 2. The van der Waals surface area contributed by atoms with Gasteiger partial charge in [-0.15, -0.1) is 0 Å². The van der Waals surface area contributed by atoms with Crippen molar-refractivity contribution in [3.05, 3.63) is 34.2 Å². The molecule has 0 bridgehead atoms. The van der Waals surface area contributed by atoms with Crippen molar-refractivity contribution in [2.75, 3.05) is 7.11 Å².